The summed E-state index contributed by atoms with van der Waals surface area (Å²) in [5.41, 5.74) is -0.109. The highest BCUT2D eigenvalue weighted by molar-refractivity contribution is 5.75. The van der Waals surface area contributed by atoms with Crippen molar-refractivity contribution in [3.8, 4) is 0 Å². The van der Waals surface area contributed by atoms with Gasteiger partial charge in [-0.3, -0.25) is 14.9 Å². The number of carbonyl (C=O) groups excluding carboxylic acids is 1. The maximum Gasteiger partial charge on any atom is 0.311 e. The summed E-state index contributed by atoms with van der Waals surface area (Å²) in [6.45, 7) is 4.76. The summed E-state index contributed by atoms with van der Waals surface area (Å²) in [7, 11) is 0. The van der Waals surface area contributed by atoms with Crippen molar-refractivity contribution >= 4 is 11.7 Å². The van der Waals surface area contributed by atoms with E-state index in [0.717, 1.165) is 0 Å². The van der Waals surface area contributed by atoms with Crippen LogP contribution in [0.1, 0.15) is 49.9 Å². The number of furan rings is 1. The van der Waals surface area contributed by atoms with Gasteiger partial charge in [0.2, 0.25) is 0 Å². The van der Waals surface area contributed by atoms with Crippen LogP contribution in [-0.4, -0.2) is 27.7 Å². The summed E-state index contributed by atoms with van der Waals surface area (Å²) in [5.74, 6) is -0.405. The molecule has 8 heteroatoms. The van der Waals surface area contributed by atoms with Crippen LogP contribution in [0.25, 0.3) is 0 Å². The Morgan fingerprint density at radius 2 is 1.85 bits per heavy atom. The lowest BCUT2D eigenvalue weighted by Gasteiger charge is -2.19. The molecule has 1 aromatic heterocycles. The number of esters is 1. The normalized spacial score (nSPS) is 13.9. The highest BCUT2D eigenvalue weighted by Crippen LogP contribution is 2.31. The average molecular weight is 363 g/mol. The number of non-ortho nitro benzene ring substituents is 1. The largest absolute Gasteiger partial charge is 0.466 e. The van der Waals surface area contributed by atoms with Gasteiger partial charge in [-0.1, -0.05) is 0 Å². The minimum Gasteiger partial charge on any atom is -0.466 e. The van der Waals surface area contributed by atoms with E-state index in [1.54, 1.807) is 20.8 Å². The zero-order valence-electron chi connectivity index (χ0n) is 14.7. The first-order valence-corrected chi connectivity index (χ1v) is 7.96. The standard InChI is InChI=1S/C18H21NO7/c1-18(2,3)17(22)26-10-14(20)16-13(8-9-25-16)15(21)11-4-6-12(7-5-11)19(23)24/h4-9,14-15,20-21H,10H2,1-3H3/t14-,15-/m1/s1. The number of nitrogens with zero attached hydrogens (tertiary/aromatic N) is 1. The van der Waals surface area contributed by atoms with Gasteiger partial charge in [0.05, 0.1) is 16.6 Å². The van der Waals surface area contributed by atoms with E-state index in [-0.39, 0.29) is 23.6 Å². The number of aliphatic hydroxyl groups is 2. The molecule has 140 valence electrons. The van der Waals surface area contributed by atoms with Crippen molar-refractivity contribution < 1.29 is 29.1 Å². The van der Waals surface area contributed by atoms with Gasteiger partial charge in [-0.15, -0.1) is 0 Å². The Morgan fingerprint density at radius 1 is 1.23 bits per heavy atom. The molecule has 26 heavy (non-hydrogen) atoms. The fraction of sp³-hybridized carbons (Fsp3) is 0.389. The molecule has 0 fully saturated rings. The molecular weight excluding hydrogens is 342 g/mol. The second-order valence-electron chi connectivity index (χ2n) is 6.86. The highest BCUT2D eigenvalue weighted by Gasteiger charge is 2.27. The fourth-order valence-corrected chi connectivity index (χ4v) is 2.23. The zero-order chi connectivity index (χ0) is 19.5. The Hall–Kier alpha value is -2.71. The van der Waals surface area contributed by atoms with Crippen molar-refractivity contribution in [3.05, 3.63) is 63.6 Å². The molecule has 0 radical (unpaired) electrons. The first-order valence-electron chi connectivity index (χ1n) is 7.96. The van der Waals surface area contributed by atoms with Crippen molar-refractivity contribution in [2.45, 2.75) is 33.0 Å². The summed E-state index contributed by atoms with van der Waals surface area (Å²) in [6.07, 6.45) is -1.11. The van der Waals surface area contributed by atoms with Crippen LogP contribution >= 0.6 is 0 Å². The van der Waals surface area contributed by atoms with E-state index >= 15 is 0 Å². The second kappa shape index (κ2) is 7.67. The molecule has 2 rings (SSSR count). The second-order valence-corrected chi connectivity index (χ2v) is 6.86. The summed E-state index contributed by atoms with van der Waals surface area (Å²) >= 11 is 0. The van der Waals surface area contributed by atoms with Crippen LogP contribution in [0.5, 0.6) is 0 Å². The Morgan fingerprint density at radius 3 is 2.38 bits per heavy atom. The minimum absolute atomic E-state index is 0.0672. The molecule has 0 amide bonds. The molecular formula is C18H21NO7. The Labute approximate surface area is 150 Å². The van der Waals surface area contributed by atoms with Gasteiger partial charge >= 0.3 is 5.97 Å². The van der Waals surface area contributed by atoms with E-state index in [4.69, 9.17) is 9.15 Å². The smallest absolute Gasteiger partial charge is 0.311 e. The van der Waals surface area contributed by atoms with E-state index in [9.17, 15) is 25.1 Å². The van der Waals surface area contributed by atoms with E-state index < -0.39 is 28.5 Å². The van der Waals surface area contributed by atoms with Crippen molar-refractivity contribution in [3.63, 3.8) is 0 Å². The number of ether oxygens (including phenoxy) is 1. The minimum atomic E-state index is -1.25. The molecule has 0 saturated carbocycles. The number of hydrogen-bond acceptors (Lipinski definition) is 7. The van der Waals surface area contributed by atoms with Crippen LogP contribution in [0.2, 0.25) is 0 Å². The molecule has 0 unspecified atom stereocenters. The summed E-state index contributed by atoms with van der Waals surface area (Å²) < 4.78 is 10.3. The van der Waals surface area contributed by atoms with Crippen LogP contribution < -0.4 is 0 Å². The third-order valence-corrected chi connectivity index (χ3v) is 3.73. The highest BCUT2D eigenvalue weighted by atomic mass is 16.6. The first kappa shape index (κ1) is 19.6. The lowest BCUT2D eigenvalue weighted by molar-refractivity contribution is -0.384. The van der Waals surface area contributed by atoms with Crippen LogP contribution in [0.15, 0.2) is 41.0 Å². The van der Waals surface area contributed by atoms with Crippen molar-refractivity contribution in [2.75, 3.05) is 6.61 Å². The quantitative estimate of drug-likeness (QED) is 0.459. The topological polar surface area (TPSA) is 123 Å². The van der Waals surface area contributed by atoms with Gasteiger partial charge in [-0.25, -0.2) is 0 Å². The molecule has 0 aliphatic rings. The molecule has 0 saturated heterocycles. The maximum absolute atomic E-state index is 11.8. The number of hydrogen-bond donors (Lipinski definition) is 2. The number of benzene rings is 1. The molecule has 0 aliphatic carbocycles. The van der Waals surface area contributed by atoms with Crippen LogP contribution in [0.4, 0.5) is 5.69 Å². The number of nitro benzene ring substituents is 1. The van der Waals surface area contributed by atoms with Gasteiger partial charge < -0.3 is 19.4 Å². The Kier molecular flexibility index (Phi) is 5.79. The predicted octanol–water partition coefficient (Wildman–Crippen LogP) is 2.89. The molecule has 1 heterocycles. The lowest BCUT2D eigenvalue weighted by atomic mass is 9.97. The van der Waals surface area contributed by atoms with Crippen molar-refractivity contribution in [1.82, 2.24) is 0 Å². The van der Waals surface area contributed by atoms with Crippen molar-refractivity contribution in [1.29, 1.82) is 0 Å². The summed E-state index contributed by atoms with van der Waals surface area (Å²) in [4.78, 5) is 22.0. The number of carbonyl (C=O) groups is 1. The third-order valence-electron chi connectivity index (χ3n) is 3.73. The molecule has 2 N–H and O–H groups in total. The predicted molar refractivity (Wildman–Crippen MR) is 91.2 cm³/mol. The molecule has 2 aromatic rings. The molecule has 0 spiro atoms. The summed E-state index contributed by atoms with van der Waals surface area (Å²) in [5, 5.41) is 31.4. The average Bonchev–Trinajstić information content (AvgIpc) is 3.07. The van der Waals surface area contributed by atoms with E-state index in [2.05, 4.69) is 0 Å². The van der Waals surface area contributed by atoms with Crippen LogP contribution in [0.3, 0.4) is 0 Å². The maximum atomic E-state index is 11.8. The van der Waals surface area contributed by atoms with Gasteiger partial charge in [-0.2, -0.15) is 0 Å². The third kappa shape index (κ3) is 4.47. The Bertz CT molecular complexity index is 774. The van der Waals surface area contributed by atoms with Gasteiger partial charge in [0.15, 0.2) is 0 Å². The van der Waals surface area contributed by atoms with Gasteiger partial charge in [0, 0.05) is 17.7 Å². The Balaban J connectivity index is 2.13. The van der Waals surface area contributed by atoms with Gasteiger partial charge in [0.1, 0.15) is 24.6 Å². The molecule has 0 aliphatic heterocycles. The van der Waals surface area contributed by atoms with Gasteiger partial charge in [-0.05, 0) is 44.5 Å². The molecule has 2 atom stereocenters. The molecule has 1 aromatic carbocycles. The molecule has 8 nitrogen and oxygen atoms in total. The van der Waals surface area contributed by atoms with Crippen LogP contribution in [-0.2, 0) is 9.53 Å². The SMILES string of the molecule is CC(C)(C)C(=O)OC[C@@H](O)c1occc1[C@H](O)c1ccc([N+](=O)[O-])cc1. The van der Waals surface area contributed by atoms with E-state index in [1.165, 1.54) is 36.6 Å². The number of rotatable bonds is 6. The van der Waals surface area contributed by atoms with E-state index in [1.807, 2.05) is 0 Å². The van der Waals surface area contributed by atoms with Gasteiger partial charge in [0.25, 0.3) is 5.69 Å². The lowest BCUT2D eigenvalue weighted by Crippen LogP contribution is -2.25. The fourth-order valence-electron chi connectivity index (χ4n) is 2.23. The van der Waals surface area contributed by atoms with Crippen molar-refractivity contribution in [2.24, 2.45) is 5.41 Å². The molecule has 0 bridgehead atoms. The zero-order valence-corrected chi connectivity index (χ0v) is 14.7. The van der Waals surface area contributed by atoms with Crippen LogP contribution in [0, 0.1) is 15.5 Å². The number of aliphatic hydroxyl groups excluding tert-OH is 2. The number of nitro groups is 1. The monoisotopic (exact) mass is 363 g/mol. The first-order chi connectivity index (χ1) is 12.1. The summed E-state index contributed by atoms with van der Waals surface area (Å²) in [6, 6.07) is 6.88. The van der Waals surface area contributed by atoms with E-state index in [0.29, 0.717) is 5.56 Å².